The maximum absolute atomic E-state index is 13.2. The second-order valence-electron chi connectivity index (χ2n) is 19.7. The van der Waals surface area contributed by atoms with Crippen LogP contribution in [0.3, 0.4) is 0 Å². The first-order valence-electron chi connectivity index (χ1n) is 28.7. The van der Waals surface area contributed by atoms with Crippen molar-refractivity contribution in [3.63, 3.8) is 0 Å². The molecule has 1 aliphatic rings. The summed E-state index contributed by atoms with van der Waals surface area (Å²) in [5.41, 5.74) is 2.05. The van der Waals surface area contributed by atoms with Crippen molar-refractivity contribution in [3.8, 4) is 0 Å². The number of nitrogens with zero attached hydrogens (tertiary/aromatic N) is 1. The molecule has 1 aliphatic heterocycles. The maximum Gasteiger partial charge on any atom is 0.508 e. The van der Waals surface area contributed by atoms with Crippen molar-refractivity contribution in [2.24, 2.45) is 5.92 Å². The third-order valence-electron chi connectivity index (χ3n) is 13.1. The number of ether oxygens (including phenoxy) is 8. The van der Waals surface area contributed by atoms with Gasteiger partial charge < -0.3 is 42.8 Å². The van der Waals surface area contributed by atoms with E-state index in [0.29, 0.717) is 62.6 Å². The van der Waals surface area contributed by atoms with Crippen molar-refractivity contribution in [3.05, 3.63) is 34.9 Å². The standard InChI is InChI=1S/C58H103NO11/c1-6-11-15-19-23-27-38-63-56(64-39-28-24-20-16-12-7-2)35-33-54(60)67-47-51-42-52(44-53(43-51)49-70-58(62)69-46-50-32-31-37-59(10-5)45-50)48-68-55(61)34-36-57(65-40-29-25-21-17-13-8-3)66-41-30-26-22-18-14-9-4/h42-44,50,56-57H,6-41,45-49H2,1-5H3. The van der Waals surface area contributed by atoms with Crippen molar-refractivity contribution in [2.75, 3.05) is 52.7 Å². The van der Waals surface area contributed by atoms with E-state index in [2.05, 4.69) is 39.5 Å². The highest BCUT2D eigenvalue weighted by Crippen LogP contribution is 2.20. The van der Waals surface area contributed by atoms with Gasteiger partial charge in [0.2, 0.25) is 0 Å². The third kappa shape index (κ3) is 35.4. The van der Waals surface area contributed by atoms with E-state index in [1.807, 2.05) is 18.2 Å². The first kappa shape index (κ1) is 63.3. The Morgan fingerprint density at radius 2 is 0.843 bits per heavy atom. The molecular weight excluding hydrogens is 887 g/mol. The number of carbonyl (C=O) groups excluding carboxylic acids is 3. The second-order valence-corrected chi connectivity index (χ2v) is 19.7. The Hall–Kier alpha value is -2.77. The lowest BCUT2D eigenvalue weighted by Gasteiger charge is -2.31. The molecule has 406 valence electrons. The van der Waals surface area contributed by atoms with Gasteiger partial charge in [0.05, 0.1) is 19.4 Å². The van der Waals surface area contributed by atoms with Gasteiger partial charge in [-0.1, -0.05) is 163 Å². The molecule has 1 aromatic rings. The largest absolute Gasteiger partial charge is 0.508 e. The summed E-state index contributed by atoms with van der Waals surface area (Å²) in [6.45, 7) is 16.7. The second kappa shape index (κ2) is 44.9. The number of likely N-dealkylation sites (tertiary alicyclic amines) is 1. The Kier molecular flexibility index (Phi) is 40.6. The summed E-state index contributed by atoms with van der Waals surface area (Å²) in [7, 11) is 0. The molecule has 70 heavy (non-hydrogen) atoms. The molecule has 0 radical (unpaired) electrons. The van der Waals surface area contributed by atoms with Gasteiger partial charge in [-0.05, 0) is 86.5 Å². The molecule has 0 saturated carbocycles. The van der Waals surface area contributed by atoms with E-state index in [1.54, 1.807) is 0 Å². The van der Waals surface area contributed by atoms with E-state index < -0.39 is 18.7 Å². The number of hydrogen-bond donors (Lipinski definition) is 0. The third-order valence-corrected chi connectivity index (χ3v) is 13.1. The van der Waals surface area contributed by atoms with Crippen molar-refractivity contribution >= 4 is 18.1 Å². The van der Waals surface area contributed by atoms with Crippen LogP contribution in [0.4, 0.5) is 4.79 Å². The number of rotatable bonds is 47. The summed E-state index contributed by atoms with van der Waals surface area (Å²) in [5.74, 6) is -0.430. The van der Waals surface area contributed by atoms with Crippen LogP contribution in [0, 0.1) is 5.92 Å². The highest BCUT2D eigenvalue weighted by molar-refractivity contribution is 5.69. The Bertz CT molecular complexity index is 1300. The van der Waals surface area contributed by atoms with E-state index in [1.165, 1.54) is 103 Å². The van der Waals surface area contributed by atoms with Crippen LogP contribution < -0.4 is 0 Å². The molecule has 1 atom stereocenters. The molecule has 12 heteroatoms. The van der Waals surface area contributed by atoms with Crippen LogP contribution in [-0.2, 0) is 67.3 Å². The maximum atomic E-state index is 13.2. The van der Waals surface area contributed by atoms with E-state index >= 15 is 0 Å². The fourth-order valence-corrected chi connectivity index (χ4v) is 8.80. The van der Waals surface area contributed by atoms with E-state index in [0.717, 1.165) is 83.8 Å². The molecule has 1 aromatic carbocycles. The average Bonchev–Trinajstić information content (AvgIpc) is 3.37. The van der Waals surface area contributed by atoms with Crippen LogP contribution in [0.1, 0.15) is 244 Å². The minimum atomic E-state index is -0.725. The Morgan fingerprint density at radius 3 is 1.21 bits per heavy atom. The quantitative estimate of drug-likeness (QED) is 0.0267. The number of hydrogen-bond acceptors (Lipinski definition) is 12. The molecule has 1 fully saturated rings. The molecule has 0 bridgehead atoms. The number of esters is 2. The zero-order valence-electron chi connectivity index (χ0n) is 45.4. The summed E-state index contributed by atoms with van der Waals surface area (Å²) in [4.78, 5) is 41.6. The van der Waals surface area contributed by atoms with Crippen molar-refractivity contribution in [2.45, 2.75) is 260 Å². The first-order valence-corrected chi connectivity index (χ1v) is 28.7. The van der Waals surface area contributed by atoms with E-state index in [9.17, 15) is 14.4 Å². The average molecular weight is 990 g/mol. The normalized spacial score (nSPS) is 14.1. The molecule has 0 aromatic heterocycles. The molecule has 1 heterocycles. The topological polar surface area (TPSA) is 128 Å². The number of carbonyl (C=O) groups is 3. The summed E-state index contributed by atoms with van der Waals surface area (Å²) < 4.78 is 47.3. The summed E-state index contributed by atoms with van der Waals surface area (Å²) >= 11 is 0. The van der Waals surface area contributed by atoms with Crippen LogP contribution in [0.15, 0.2) is 18.2 Å². The monoisotopic (exact) mass is 990 g/mol. The van der Waals surface area contributed by atoms with E-state index in [4.69, 9.17) is 37.9 Å². The summed E-state index contributed by atoms with van der Waals surface area (Å²) in [5, 5.41) is 0. The van der Waals surface area contributed by atoms with Gasteiger partial charge in [0.25, 0.3) is 0 Å². The fourth-order valence-electron chi connectivity index (χ4n) is 8.80. The molecule has 12 nitrogen and oxygen atoms in total. The van der Waals surface area contributed by atoms with Gasteiger partial charge in [0.1, 0.15) is 19.8 Å². The minimum Gasteiger partial charge on any atom is -0.461 e. The van der Waals surface area contributed by atoms with Crippen LogP contribution in [0.25, 0.3) is 0 Å². The zero-order valence-corrected chi connectivity index (χ0v) is 45.4. The first-order chi connectivity index (χ1) is 34.3. The van der Waals surface area contributed by atoms with Gasteiger partial charge in [0, 0.05) is 51.7 Å². The fraction of sp³-hybridized carbons (Fsp3) is 0.845. The lowest BCUT2D eigenvalue weighted by atomic mass is 9.99. The molecule has 1 saturated heterocycles. The SMILES string of the molecule is CCCCCCCCOC(CCC(=O)OCc1cc(COC(=O)CCC(OCCCCCCCC)OCCCCCCCC)cc(COC(=O)OCC2CCCN(CC)C2)c1)OCCCCCCCC. The highest BCUT2D eigenvalue weighted by atomic mass is 16.7. The summed E-state index contributed by atoms with van der Waals surface area (Å²) in [6.07, 6.45) is 29.7. The Balaban J connectivity index is 2.03. The number of piperidine rings is 1. The molecule has 0 N–H and O–H groups in total. The molecule has 2 rings (SSSR count). The smallest absolute Gasteiger partial charge is 0.461 e. The van der Waals surface area contributed by atoms with E-state index in [-0.39, 0.29) is 50.5 Å². The lowest BCUT2D eigenvalue weighted by molar-refractivity contribution is -0.160. The Labute approximate surface area is 427 Å². The molecule has 1 unspecified atom stereocenters. The van der Waals surface area contributed by atoms with Crippen LogP contribution in [0.5, 0.6) is 0 Å². The molecule has 0 spiro atoms. The van der Waals surface area contributed by atoms with Gasteiger partial charge >= 0.3 is 18.1 Å². The summed E-state index contributed by atoms with van der Waals surface area (Å²) in [6, 6.07) is 5.54. The Morgan fingerprint density at radius 1 is 0.486 bits per heavy atom. The predicted octanol–water partition coefficient (Wildman–Crippen LogP) is 14.9. The van der Waals surface area contributed by atoms with Gasteiger partial charge in [-0.25, -0.2) is 4.79 Å². The van der Waals surface area contributed by atoms with Gasteiger partial charge in [-0.3, -0.25) is 9.59 Å². The van der Waals surface area contributed by atoms with Gasteiger partial charge in [0.15, 0.2) is 12.6 Å². The van der Waals surface area contributed by atoms with Crippen molar-refractivity contribution in [1.29, 1.82) is 0 Å². The van der Waals surface area contributed by atoms with Gasteiger partial charge in [-0.2, -0.15) is 0 Å². The predicted molar refractivity (Wildman–Crippen MR) is 280 cm³/mol. The van der Waals surface area contributed by atoms with Gasteiger partial charge in [-0.15, -0.1) is 0 Å². The van der Waals surface area contributed by atoms with Crippen LogP contribution in [0.2, 0.25) is 0 Å². The zero-order chi connectivity index (χ0) is 50.5. The highest BCUT2D eigenvalue weighted by Gasteiger charge is 2.21. The van der Waals surface area contributed by atoms with Crippen LogP contribution in [-0.4, -0.2) is 88.2 Å². The number of unbranched alkanes of at least 4 members (excludes halogenated alkanes) is 20. The molecule has 0 aliphatic carbocycles. The van der Waals surface area contributed by atoms with Crippen molar-refractivity contribution in [1.82, 2.24) is 4.90 Å². The number of benzene rings is 1. The van der Waals surface area contributed by atoms with Crippen LogP contribution >= 0.6 is 0 Å². The molecule has 0 amide bonds. The molecular formula is C58H103NO11. The van der Waals surface area contributed by atoms with Crippen molar-refractivity contribution < 1.29 is 52.3 Å². The minimum absolute atomic E-state index is 0.00312. The lowest BCUT2D eigenvalue weighted by Crippen LogP contribution is -2.37.